The largest absolute Gasteiger partial charge is 0.508 e. The normalized spacial score (nSPS) is 15.4. The number of thioether (sulfide) groups is 1. The molecule has 1 aliphatic heterocycles. The highest BCUT2D eigenvalue weighted by Gasteiger charge is 2.31. The summed E-state index contributed by atoms with van der Waals surface area (Å²) in [6.45, 7) is 0.978. The monoisotopic (exact) mass is 432 g/mol. The maximum Gasteiger partial charge on any atom is 0.266 e. The lowest BCUT2D eigenvalue weighted by Crippen LogP contribution is -2.31. The molecule has 1 saturated heterocycles. The number of aromatic hydroxyl groups is 1. The van der Waals surface area contributed by atoms with Crippen LogP contribution in [0.1, 0.15) is 23.3 Å². The molecule has 0 radical (unpaired) electrons. The maximum absolute atomic E-state index is 12.5. The van der Waals surface area contributed by atoms with Crippen molar-refractivity contribution < 1.29 is 14.7 Å². The van der Waals surface area contributed by atoms with Gasteiger partial charge in [-0.25, -0.2) is 0 Å². The Kier molecular flexibility index (Phi) is 7.24. The van der Waals surface area contributed by atoms with E-state index in [0.717, 1.165) is 10.4 Å². The molecular weight excluding hydrogens is 412 g/mol. The lowest BCUT2D eigenvalue weighted by molar-refractivity contribution is -0.123. The first-order valence-corrected chi connectivity index (χ1v) is 11.0. The Morgan fingerprint density at radius 1 is 1.25 bits per heavy atom. The van der Waals surface area contributed by atoms with E-state index in [1.165, 1.54) is 11.8 Å². The summed E-state index contributed by atoms with van der Waals surface area (Å²) in [4.78, 5) is 27.7. The summed E-state index contributed by atoms with van der Waals surface area (Å²) in [6.07, 6.45) is 3.47. The molecule has 0 atom stereocenters. The van der Waals surface area contributed by atoms with Crippen molar-refractivity contribution >= 4 is 57.5 Å². The van der Waals surface area contributed by atoms with Crippen molar-refractivity contribution in [1.82, 2.24) is 10.2 Å². The number of hydrogen-bond donors (Lipinski definition) is 2. The molecule has 2 amide bonds. The van der Waals surface area contributed by atoms with E-state index in [9.17, 15) is 14.7 Å². The van der Waals surface area contributed by atoms with Gasteiger partial charge < -0.3 is 10.4 Å². The van der Waals surface area contributed by atoms with E-state index in [4.69, 9.17) is 12.2 Å². The van der Waals surface area contributed by atoms with Crippen LogP contribution >= 0.6 is 35.3 Å². The van der Waals surface area contributed by atoms with Gasteiger partial charge in [0.1, 0.15) is 10.1 Å². The van der Waals surface area contributed by atoms with Crippen molar-refractivity contribution in [2.24, 2.45) is 0 Å². The maximum atomic E-state index is 12.5. The Balaban J connectivity index is 1.39. The number of carbonyl (C=O) groups is 2. The molecule has 3 rings (SSSR count). The molecule has 2 aromatic rings. The van der Waals surface area contributed by atoms with Gasteiger partial charge in [0.15, 0.2) is 0 Å². The lowest BCUT2D eigenvalue weighted by atomic mass is 10.1. The smallest absolute Gasteiger partial charge is 0.266 e. The van der Waals surface area contributed by atoms with Gasteiger partial charge in [0.25, 0.3) is 5.91 Å². The molecule has 0 saturated carbocycles. The number of amides is 2. The molecule has 1 aliphatic rings. The van der Waals surface area contributed by atoms with Crippen molar-refractivity contribution in [3.8, 4) is 5.75 Å². The fourth-order valence-electron chi connectivity index (χ4n) is 2.69. The number of nitrogens with one attached hydrogen (secondary N) is 1. The molecule has 1 aromatic heterocycles. The van der Waals surface area contributed by atoms with E-state index in [1.807, 2.05) is 35.7 Å². The van der Waals surface area contributed by atoms with Crippen LogP contribution in [-0.4, -0.2) is 39.2 Å². The second-order valence-electron chi connectivity index (χ2n) is 6.22. The van der Waals surface area contributed by atoms with Crippen molar-refractivity contribution in [2.45, 2.75) is 19.3 Å². The van der Waals surface area contributed by atoms with Gasteiger partial charge in [0.05, 0.1) is 4.91 Å². The zero-order valence-corrected chi connectivity index (χ0v) is 17.5. The van der Waals surface area contributed by atoms with Gasteiger partial charge in [-0.3, -0.25) is 14.5 Å². The Labute approximate surface area is 177 Å². The van der Waals surface area contributed by atoms with Crippen LogP contribution in [0.3, 0.4) is 0 Å². The van der Waals surface area contributed by atoms with E-state index in [1.54, 1.807) is 28.4 Å². The van der Waals surface area contributed by atoms with E-state index in [0.29, 0.717) is 41.6 Å². The van der Waals surface area contributed by atoms with Crippen LogP contribution in [0.15, 0.2) is 46.7 Å². The summed E-state index contributed by atoms with van der Waals surface area (Å²) in [6, 6.07) is 10.8. The first-order valence-electron chi connectivity index (χ1n) is 8.86. The summed E-state index contributed by atoms with van der Waals surface area (Å²) < 4.78 is 0.542. The molecule has 1 fully saturated rings. The Hall–Kier alpha value is -2.16. The predicted molar refractivity (Wildman–Crippen MR) is 118 cm³/mol. The third kappa shape index (κ3) is 5.67. The quantitative estimate of drug-likeness (QED) is 0.491. The zero-order chi connectivity index (χ0) is 19.9. The number of hydrogen-bond acceptors (Lipinski definition) is 6. The first-order chi connectivity index (χ1) is 13.5. The minimum atomic E-state index is -0.0869. The standard InChI is InChI=1S/C20H20N2O3S3/c23-15-7-5-14(6-8-15)9-10-21-18(24)4-1-11-22-19(25)17(28-20(22)26)13-16-3-2-12-27-16/h2-3,5-8,12-13,23H,1,4,9-11H2,(H,21,24)/b17-13-. The van der Waals surface area contributed by atoms with Gasteiger partial charge in [0.2, 0.25) is 5.91 Å². The van der Waals surface area contributed by atoms with E-state index < -0.39 is 0 Å². The molecule has 2 N–H and O–H groups in total. The third-order valence-electron chi connectivity index (χ3n) is 4.15. The van der Waals surface area contributed by atoms with Gasteiger partial charge in [-0.2, -0.15) is 0 Å². The molecule has 28 heavy (non-hydrogen) atoms. The van der Waals surface area contributed by atoms with Crippen LogP contribution in [0.25, 0.3) is 6.08 Å². The minimum Gasteiger partial charge on any atom is -0.508 e. The highest BCUT2D eigenvalue weighted by atomic mass is 32.2. The second-order valence-corrected chi connectivity index (χ2v) is 8.87. The molecule has 1 aromatic carbocycles. The second kappa shape index (κ2) is 9.86. The summed E-state index contributed by atoms with van der Waals surface area (Å²) in [5.74, 6) is 0.100. The average molecular weight is 433 g/mol. The van der Waals surface area contributed by atoms with Crippen molar-refractivity contribution in [2.75, 3.05) is 13.1 Å². The highest BCUT2D eigenvalue weighted by molar-refractivity contribution is 8.26. The van der Waals surface area contributed by atoms with Crippen LogP contribution in [0.4, 0.5) is 0 Å². The van der Waals surface area contributed by atoms with E-state index in [2.05, 4.69) is 5.32 Å². The van der Waals surface area contributed by atoms with Crippen molar-refractivity contribution in [3.05, 3.63) is 57.1 Å². The number of benzene rings is 1. The molecule has 2 heterocycles. The molecule has 5 nitrogen and oxygen atoms in total. The number of thiophene rings is 1. The molecule has 146 valence electrons. The lowest BCUT2D eigenvalue weighted by Gasteiger charge is -2.14. The van der Waals surface area contributed by atoms with Gasteiger partial charge >= 0.3 is 0 Å². The minimum absolute atomic E-state index is 0.0432. The molecular formula is C20H20N2O3S3. The number of carbonyl (C=O) groups excluding carboxylic acids is 2. The molecule has 0 spiro atoms. The van der Waals surface area contributed by atoms with Gasteiger partial charge in [0, 0.05) is 24.4 Å². The van der Waals surface area contributed by atoms with Crippen molar-refractivity contribution in [1.29, 1.82) is 0 Å². The van der Waals surface area contributed by atoms with E-state index in [-0.39, 0.29) is 17.6 Å². The van der Waals surface area contributed by atoms with Crippen LogP contribution in [-0.2, 0) is 16.0 Å². The van der Waals surface area contributed by atoms with Gasteiger partial charge in [-0.15, -0.1) is 11.3 Å². The fourth-order valence-corrected chi connectivity index (χ4v) is 4.72. The van der Waals surface area contributed by atoms with Crippen LogP contribution in [0, 0.1) is 0 Å². The fraction of sp³-hybridized carbons (Fsp3) is 0.250. The highest BCUT2D eigenvalue weighted by Crippen LogP contribution is 2.33. The van der Waals surface area contributed by atoms with Gasteiger partial charge in [-0.05, 0) is 48.1 Å². The average Bonchev–Trinajstić information content (AvgIpc) is 3.27. The van der Waals surface area contributed by atoms with Gasteiger partial charge in [-0.1, -0.05) is 42.2 Å². The molecule has 0 unspecified atom stereocenters. The number of phenols is 1. The van der Waals surface area contributed by atoms with Crippen LogP contribution < -0.4 is 5.32 Å². The van der Waals surface area contributed by atoms with Crippen molar-refractivity contribution in [3.63, 3.8) is 0 Å². The number of nitrogens with zero attached hydrogens (tertiary/aromatic N) is 1. The first kappa shape index (κ1) is 20.6. The SMILES string of the molecule is O=C(CCCN1C(=O)/C(=C/c2cccs2)SC1=S)NCCc1ccc(O)cc1. The number of rotatable bonds is 8. The molecule has 8 heteroatoms. The Bertz CT molecular complexity index is 877. The summed E-state index contributed by atoms with van der Waals surface area (Å²) in [7, 11) is 0. The Morgan fingerprint density at radius 2 is 2.04 bits per heavy atom. The topological polar surface area (TPSA) is 69.6 Å². The van der Waals surface area contributed by atoms with Crippen LogP contribution in [0.2, 0.25) is 0 Å². The zero-order valence-electron chi connectivity index (χ0n) is 15.1. The molecule has 0 bridgehead atoms. The summed E-state index contributed by atoms with van der Waals surface area (Å²) in [5.41, 5.74) is 1.05. The number of phenolic OH excluding ortho intramolecular Hbond substituents is 1. The Morgan fingerprint density at radius 3 is 2.75 bits per heavy atom. The van der Waals surface area contributed by atoms with E-state index >= 15 is 0 Å². The van der Waals surface area contributed by atoms with Crippen LogP contribution in [0.5, 0.6) is 5.75 Å². The predicted octanol–water partition coefficient (Wildman–Crippen LogP) is 3.79. The number of thiocarbonyl (C=S) groups is 1. The summed E-state index contributed by atoms with van der Waals surface area (Å²) >= 11 is 8.20. The third-order valence-corrected chi connectivity index (χ3v) is 6.34. The molecule has 0 aliphatic carbocycles. The summed E-state index contributed by atoms with van der Waals surface area (Å²) in [5, 5.41) is 14.1.